The van der Waals surface area contributed by atoms with Gasteiger partial charge in [-0.1, -0.05) is 0 Å². The summed E-state index contributed by atoms with van der Waals surface area (Å²) in [5, 5.41) is 7.65. The molecular formula is C23H25F6N7O4. The summed E-state index contributed by atoms with van der Waals surface area (Å²) in [7, 11) is 1.35. The van der Waals surface area contributed by atoms with Gasteiger partial charge < -0.3 is 24.8 Å². The molecule has 0 spiro atoms. The molecule has 40 heavy (non-hydrogen) atoms. The average Bonchev–Trinajstić information content (AvgIpc) is 2.87. The number of likely N-dealkylation sites (N-methyl/N-ethyl adjacent to an activating group) is 1. The molecule has 0 aliphatic carbocycles. The minimum absolute atomic E-state index is 0.00210. The number of aromatic nitrogens is 3. The Balaban J connectivity index is 1.30. The van der Waals surface area contributed by atoms with Crippen molar-refractivity contribution in [2.75, 3.05) is 55.0 Å². The zero-order valence-electron chi connectivity index (χ0n) is 21.3. The molecule has 2 amide bonds. The lowest BCUT2D eigenvalue weighted by Crippen LogP contribution is -2.63. The van der Waals surface area contributed by atoms with Crippen LogP contribution in [-0.2, 0) is 26.7 Å². The van der Waals surface area contributed by atoms with Crippen LogP contribution < -0.4 is 20.7 Å². The van der Waals surface area contributed by atoms with E-state index in [1.807, 2.05) is 0 Å². The van der Waals surface area contributed by atoms with Gasteiger partial charge >= 0.3 is 12.4 Å². The van der Waals surface area contributed by atoms with Crippen LogP contribution in [0.15, 0.2) is 23.3 Å². The fraction of sp³-hybridized carbons (Fsp3) is 0.522. The van der Waals surface area contributed by atoms with Gasteiger partial charge in [-0.25, -0.2) is 10.1 Å². The molecule has 11 nitrogen and oxygen atoms in total. The molecule has 0 bridgehead atoms. The van der Waals surface area contributed by atoms with Gasteiger partial charge in [0.05, 0.1) is 49.3 Å². The van der Waals surface area contributed by atoms with E-state index in [9.17, 15) is 40.7 Å². The van der Waals surface area contributed by atoms with Crippen LogP contribution in [0.4, 0.5) is 43.5 Å². The lowest BCUT2D eigenvalue weighted by molar-refractivity contribution is -0.138. The van der Waals surface area contributed by atoms with Crippen molar-refractivity contribution in [1.82, 2.24) is 20.1 Å². The maximum absolute atomic E-state index is 13.2. The number of nitrogens with one attached hydrogen (secondary N) is 2. The highest BCUT2D eigenvalue weighted by Crippen LogP contribution is 2.39. The van der Waals surface area contributed by atoms with Gasteiger partial charge in [-0.2, -0.15) is 31.4 Å². The zero-order chi connectivity index (χ0) is 29.4. The Morgan fingerprint density at radius 2 is 1.90 bits per heavy atom. The number of anilines is 3. The molecule has 1 unspecified atom stereocenters. The van der Waals surface area contributed by atoms with Crippen molar-refractivity contribution in [1.29, 1.82) is 0 Å². The standard InChI is InChI=1S/C23H25F6N7O4/c1-12(32-14-9-31-33-20(38)18(14)23(27,28)29)11-40-6-3-17(37)35-4-5-36-16(10-35)21(39)34(2)15-7-13(22(24,25)26)8-30-19(15)36/h7-9,12,16H,3-6,10-11H2,1-2H3,(H2,32,33,38)/t12?,16-/m1/s1. The smallest absolute Gasteiger partial charge is 0.379 e. The number of nitrogens with zero attached hydrogens (tertiary/aromatic N) is 5. The lowest BCUT2D eigenvalue weighted by Gasteiger charge is -2.46. The van der Waals surface area contributed by atoms with Gasteiger partial charge in [0, 0.05) is 32.4 Å². The Morgan fingerprint density at radius 3 is 2.58 bits per heavy atom. The second-order valence-electron chi connectivity index (χ2n) is 9.37. The van der Waals surface area contributed by atoms with E-state index in [1.54, 1.807) is 10.00 Å². The topological polar surface area (TPSA) is 124 Å². The number of aromatic amines is 1. The molecule has 0 radical (unpaired) electrons. The fourth-order valence-corrected chi connectivity index (χ4v) is 4.56. The molecule has 17 heteroatoms. The van der Waals surface area contributed by atoms with Crippen LogP contribution in [0.5, 0.6) is 0 Å². The van der Waals surface area contributed by atoms with E-state index < -0.39 is 52.7 Å². The number of carbonyl (C=O) groups excluding carboxylic acids is 2. The molecule has 4 rings (SSSR count). The summed E-state index contributed by atoms with van der Waals surface area (Å²) in [5.41, 5.74) is -4.24. The van der Waals surface area contributed by atoms with Gasteiger partial charge in [0.2, 0.25) is 5.91 Å². The minimum Gasteiger partial charge on any atom is -0.379 e. The summed E-state index contributed by atoms with van der Waals surface area (Å²) >= 11 is 0. The number of piperazine rings is 1. The number of amides is 2. The first-order valence-corrected chi connectivity index (χ1v) is 12.1. The van der Waals surface area contributed by atoms with Crippen molar-refractivity contribution >= 4 is 29.0 Å². The van der Waals surface area contributed by atoms with Crippen LogP contribution in [0.1, 0.15) is 24.5 Å². The number of alkyl halides is 6. The maximum Gasteiger partial charge on any atom is 0.423 e. The molecule has 2 aromatic heterocycles. The quantitative estimate of drug-likeness (QED) is 0.379. The molecule has 2 aromatic rings. The van der Waals surface area contributed by atoms with Crippen molar-refractivity contribution in [2.45, 2.75) is 37.8 Å². The van der Waals surface area contributed by atoms with Crippen molar-refractivity contribution in [3.8, 4) is 0 Å². The summed E-state index contributed by atoms with van der Waals surface area (Å²) < 4.78 is 84.4. The van der Waals surface area contributed by atoms with Crippen molar-refractivity contribution in [2.24, 2.45) is 0 Å². The van der Waals surface area contributed by atoms with E-state index >= 15 is 0 Å². The van der Waals surface area contributed by atoms with Gasteiger partial charge in [-0.3, -0.25) is 14.4 Å². The van der Waals surface area contributed by atoms with Crippen LogP contribution in [0, 0.1) is 0 Å². The number of fused-ring (bicyclic) bond motifs is 3. The Labute approximate surface area is 223 Å². The van der Waals surface area contributed by atoms with E-state index in [4.69, 9.17) is 4.74 Å². The van der Waals surface area contributed by atoms with Gasteiger partial charge in [0.1, 0.15) is 11.6 Å². The normalized spacial score (nSPS) is 18.4. The van der Waals surface area contributed by atoms with Gasteiger partial charge in [0.25, 0.3) is 11.5 Å². The van der Waals surface area contributed by atoms with Crippen molar-refractivity contribution < 1.29 is 40.7 Å². The van der Waals surface area contributed by atoms with E-state index in [1.165, 1.54) is 18.9 Å². The van der Waals surface area contributed by atoms with E-state index in [0.717, 1.165) is 17.2 Å². The van der Waals surface area contributed by atoms with Crippen LogP contribution in [0.3, 0.4) is 0 Å². The number of carbonyl (C=O) groups is 2. The van der Waals surface area contributed by atoms with Crippen LogP contribution in [-0.4, -0.2) is 83.9 Å². The second-order valence-corrected chi connectivity index (χ2v) is 9.37. The Hall–Kier alpha value is -3.89. The Bertz CT molecular complexity index is 1330. The summed E-state index contributed by atoms with van der Waals surface area (Å²) in [6, 6.07) is -0.614. The van der Waals surface area contributed by atoms with E-state index in [2.05, 4.69) is 15.4 Å². The van der Waals surface area contributed by atoms with Gasteiger partial charge in [0.15, 0.2) is 5.82 Å². The predicted molar refractivity (Wildman–Crippen MR) is 129 cm³/mol. The third kappa shape index (κ3) is 5.97. The molecule has 1 fully saturated rings. The third-order valence-corrected chi connectivity index (χ3v) is 6.53. The first kappa shape index (κ1) is 29.1. The monoisotopic (exact) mass is 577 g/mol. The number of hydrogen-bond donors (Lipinski definition) is 2. The number of hydrogen-bond acceptors (Lipinski definition) is 8. The molecule has 0 saturated carbocycles. The number of H-pyrrole nitrogens is 1. The average molecular weight is 577 g/mol. The van der Waals surface area contributed by atoms with Crippen LogP contribution >= 0.6 is 0 Å². The highest BCUT2D eigenvalue weighted by atomic mass is 19.4. The predicted octanol–water partition coefficient (Wildman–Crippen LogP) is 2.10. The molecule has 1 saturated heterocycles. The maximum atomic E-state index is 13.2. The number of rotatable bonds is 7. The first-order valence-electron chi connectivity index (χ1n) is 12.1. The van der Waals surface area contributed by atoms with E-state index in [0.29, 0.717) is 6.20 Å². The largest absolute Gasteiger partial charge is 0.423 e. The van der Waals surface area contributed by atoms with Gasteiger partial charge in [-0.15, -0.1) is 0 Å². The number of ether oxygens (including phenoxy) is 1. The SMILES string of the molecule is CC(COCCC(=O)N1CCN2c3ncc(C(F)(F)F)cc3N(C)C(=O)[C@H]2C1)Nc1cn[nH]c(=O)c1C(F)(F)F. The molecule has 2 aliphatic rings. The Morgan fingerprint density at radius 1 is 1.18 bits per heavy atom. The molecule has 2 atom stereocenters. The Kier molecular flexibility index (Phi) is 7.96. The lowest BCUT2D eigenvalue weighted by atomic mass is 10.0. The summed E-state index contributed by atoms with van der Waals surface area (Å²) in [5.74, 6) is -0.587. The summed E-state index contributed by atoms with van der Waals surface area (Å²) in [4.78, 5) is 45.4. The molecule has 4 heterocycles. The summed E-state index contributed by atoms with van der Waals surface area (Å²) in [6.07, 6.45) is -8.03. The first-order chi connectivity index (χ1) is 18.7. The van der Waals surface area contributed by atoms with Crippen molar-refractivity contribution in [3.63, 3.8) is 0 Å². The number of pyridine rings is 1. The minimum atomic E-state index is -4.89. The molecule has 2 N–H and O–H groups in total. The highest BCUT2D eigenvalue weighted by Gasteiger charge is 2.43. The summed E-state index contributed by atoms with van der Waals surface area (Å²) in [6.45, 7) is 1.75. The van der Waals surface area contributed by atoms with Crippen LogP contribution in [0.2, 0.25) is 0 Å². The van der Waals surface area contributed by atoms with Gasteiger partial charge in [-0.05, 0) is 13.0 Å². The van der Waals surface area contributed by atoms with E-state index in [-0.39, 0.29) is 56.7 Å². The molecule has 0 aromatic carbocycles. The molecule has 2 aliphatic heterocycles. The molecular weight excluding hydrogens is 552 g/mol. The van der Waals surface area contributed by atoms with Crippen LogP contribution in [0.25, 0.3) is 0 Å². The third-order valence-electron chi connectivity index (χ3n) is 6.53. The van der Waals surface area contributed by atoms with Crippen molar-refractivity contribution in [3.05, 3.63) is 39.9 Å². The fourth-order valence-electron chi connectivity index (χ4n) is 4.56. The number of halogens is 6. The zero-order valence-corrected chi connectivity index (χ0v) is 21.3. The second kappa shape index (κ2) is 10.9. The highest BCUT2D eigenvalue weighted by molar-refractivity contribution is 6.05. The molecule has 218 valence electrons.